The first kappa shape index (κ1) is 22.7. The van der Waals surface area contributed by atoms with Crippen LogP contribution in [0.25, 0.3) is 6.08 Å². The van der Waals surface area contributed by atoms with Crippen LogP contribution in [0.3, 0.4) is 0 Å². The van der Waals surface area contributed by atoms with Crippen LogP contribution in [0.5, 0.6) is 11.5 Å². The first-order chi connectivity index (χ1) is 15.5. The van der Waals surface area contributed by atoms with E-state index in [4.69, 9.17) is 9.47 Å². The maximum absolute atomic E-state index is 14.4. The van der Waals surface area contributed by atoms with Gasteiger partial charge < -0.3 is 14.8 Å². The van der Waals surface area contributed by atoms with Gasteiger partial charge in [-0.05, 0) is 48.4 Å². The monoisotopic (exact) mass is 434 g/mol. The lowest BCUT2D eigenvalue weighted by molar-refractivity contribution is -0.146. The van der Waals surface area contributed by atoms with Crippen molar-refractivity contribution in [1.29, 1.82) is 0 Å². The Kier molecular flexibility index (Phi) is 8.09. The number of hydrogen-bond acceptors (Lipinski definition) is 5. The minimum atomic E-state index is -0.832. The maximum Gasteiger partial charge on any atom is 0.328 e. The highest BCUT2D eigenvalue weighted by molar-refractivity contribution is 5.94. The van der Waals surface area contributed by atoms with E-state index in [1.165, 1.54) is 30.5 Å². The van der Waals surface area contributed by atoms with Gasteiger partial charge in [-0.3, -0.25) is 9.78 Å². The van der Waals surface area contributed by atoms with Crippen LogP contribution < -0.4 is 10.1 Å². The number of carbonyl (C=O) groups excluding carboxylic acids is 2. The van der Waals surface area contributed by atoms with Gasteiger partial charge in [-0.2, -0.15) is 0 Å². The zero-order valence-electron chi connectivity index (χ0n) is 17.5. The largest absolute Gasteiger partial charge is 0.464 e. The lowest BCUT2D eigenvalue weighted by atomic mass is 10.1. The summed E-state index contributed by atoms with van der Waals surface area (Å²) in [5, 5.41) is 2.65. The minimum absolute atomic E-state index is 0.0461. The van der Waals surface area contributed by atoms with Crippen LogP contribution in [0, 0.1) is 5.82 Å². The fourth-order valence-electron chi connectivity index (χ4n) is 2.92. The number of halogens is 1. The molecular weight excluding hydrogens is 411 g/mol. The number of pyridine rings is 1. The van der Waals surface area contributed by atoms with E-state index in [-0.39, 0.29) is 12.4 Å². The summed E-state index contributed by atoms with van der Waals surface area (Å²) >= 11 is 0. The standard InChI is InChI=1S/C25H23FN2O4/c1-2-31-25(30)22(16-18-7-4-3-5-8-18)28-24(29)13-11-19-10-12-23(21(26)15-19)32-20-9-6-14-27-17-20/h3-15,17,22H,2,16H2,1H3,(H,28,29)/b13-11+. The third-order valence-electron chi connectivity index (χ3n) is 4.42. The van der Waals surface area contributed by atoms with Crippen LogP contribution in [0.1, 0.15) is 18.1 Å². The lowest BCUT2D eigenvalue weighted by Gasteiger charge is -2.16. The van der Waals surface area contributed by atoms with E-state index in [2.05, 4.69) is 10.3 Å². The lowest BCUT2D eigenvalue weighted by Crippen LogP contribution is -2.42. The van der Waals surface area contributed by atoms with Crippen molar-refractivity contribution in [2.75, 3.05) is 6.61 Å². The number of rotatable bonds is 9. The van der Waals surface area contributed by atoms with E-state index >= 15 is 0 Å². The molecule has 0 spiro atoms. The molecule has 32 heavy (non-hydrogen) atoms. The van der Waals surface area contributed by atoms with Crippen molar-refractivity contribution in [3.05, 3.63) is 96.1 Å². The summed E-state index contributed by atoms with van der Waals surface area (Å²) in [5.41, 5.74) is 1.35. The molecule has 0 bridgehead atoms. The van der Waals surface area contributed by atoms with Crippen LogP contribution in [0.2, 0.25) is 0 Å². The Labute approximate surface area is 185 Å². The van der Waals surface area contributed by atoms with Crippen molar-refractivity contribution in [1.82, 2.24) is 10.3 Å². The minimum Gasteiger partial charge on any atom is -0.464 e. The molecule has 6 nitrogen and oxygen atoms in total. The third-order valence-corrected chi connectivity index (χ3v) is 4.42. The smallest absolute Gasteiger partial charge is 0.328 e. The normalized spacial score (nSPS) is 11.7. The van der Waals surface area contributed by atoms with Crippen LogP contribution in [-0.2, 0) is 20.7 Å². The van der Waals surface area contributed by atoms with Crippen molar-refractivity contribution < 1.29 is 23.5 Å². The Morgan fingerprint density at radius 3 is 2.62 bits per heavy atom. The molecule has 1 aromatic heterocycles. The Bertz CT molecular complexity index is 1070. The summed E-state index contributed by atoms with van der Waals surface area (Å²) in [6, 6.07) is 16.2. The molecule has 1 N–H and O–H groups in total. The first-order valence-corrected chi connectivity index (χ1v) is 10.1. The van der Waals surface area contributed by atoms with E-state index in [0.29, 0.717) is 17.7 Å². The van der Waals surface area contributed by atoms with Crippen molar-refractivity contribution in [3.63, 3.8) is 0 Å². The molecule has 2 aromatic carbocycles. The van der Waals surface area contributed by atoms with Gasteiger partial charge in [0.2, 0.25) is 5.91 Å². The highest BCUT2D eigenvalue weighted by atomic mass is 19.1. The van der Waals surface area contributed by atoms with Crippen molar-refractivity contribution in [2.45, 2.75) is 19.4 Å². The topological polar surface area (TPSA) is 77.5 Å². The zero-order valence-corrected chi connectivity index (χ0v) is 17.5. The molecule has 1 atom stereocenters. The van der Waals surface area contributed by atoms with Gasteiger partial charge in [-0.25, -0.2) is 9.18 Å². The van der Waals surface area contributed by atoms with E-state index in [0.717, 1.165) is 5.56 Å². The number of nitrogens with zero attached hydrogens (tertiary/aromatic N) is 1. The maximum atomic E-state index is 14.4. The Hall–Kier alpha value is -4.00. The Morgan fingerprint density at radius 1 is 1.12 bits per heavy atom. The molecule has 0 fully saturated rings. The number of carbonyl (C=O) groups is 2. The molecule has 0 aliphatic heterocycles. The molecule has 0 aliphatic carbocycles. The molecule has 3 aromatic rings. The molecule has 1 amide bonds. The van der Waals surface area contributed by atoms with Crippen LogP contribution in [-0.4, -0.2) is 29.5 Å². The second-order valence-electron chi connectivity index (χ2n) is 6.82. The molecular formula is C25H23FN2O4. The van der Waals surface area contributed by atoms with Crippen molar-refractivity contribution in [3.8, 4) is 11.5 Å². The predicted octanol–water partition coefficient (Wildman–Crippen LogP) is 4.32. The zero-order chi connectivity index (χ0) is 22.8. The Morgan fingerprint density at radius 2 is 1.94 bits per heavy atom. The van der Waals surface area contributed by atoms with E-state index in [1.807, 2.05) is 30.3 Å². The van der Waals surface area contributed by atoms with Crippen LogP contribution in [0.15, 0.2) is 79.1 Å². The summed E-state index contributed by atoms with van der Waals surface area (Å²) < 4.78 is 24.9. The van der Waals surface area contributed by atoms with Crippen LogP contribution >= 0.6 is 0 Å². The second-order valence-corrected chi connectivity index (χ2v) is 6.82. The number of esters is 1. The van der Waals surface area contributed by atoms with Gasteiger partial charge in [0.15, 0.2) is 11.6 Å². The fraction of sp³-hybridized carbons (Fsp3) is 0.160. The van der Waals surface area contributed by atoms with Crippen molar-refractivity contribution in [2.24, 2.45) is 0 Å². The van der Waals surface area contributed by atoms with E-state index in [1.54, 1.807) is 31.3 Å². The van der Waals surface area contributed by atoms with E-state index in [9.17, 15) is 14.0 Å². The first-order valence-electron chi connectivity index (χ1n) is 10.1. The highest BCUT2D eigenvalue weighted by Crippen LogP contribution is 2.24. The van der Waals surface area contributed by atoms with Gasteiger partial charge in [-0.15, -0.1) is 0 Å². The quantitative estimate of drug-likeness (QED) is 0.401. The molecule has 0 radical (unpaired) electrons. The number of ether oxygens (including phenoxy) is 2. The molecule has 0 saturated heterocycles. The van der Waals surface area contributed by atoms with Gasteiger partial charge in [-0.1, -0.05) is 36.4 Å². The number of amides is 1. The molecule has 164 valence electrons. The molecule has 1 unspecified atom stereocenters. The average Bonchev–Trinajstić information content (AvgIpc) is 2.80. The highest BCUT2D eigenvalue weighted by Gasteiger charge is 2.21. The second kappa shape index (κ2) is 11.4. The summed E-state index contributed by atoms with van der Waals surface area (Å²) in [7, 11) is 0. The molecule has 3 rings (SSSR count). The molecule has 1 heterocycles. The van der Waals surface area contributed by atoms with Gasteiger partial charge in [0.25, 0.3) is 0 Å². The van der Waals surface area contributed by atoms with Gasteiger partial charge in [0, 0.05) is 18.7 Å². The number of aromatic nitrogens is 1. The molecule has 7 heteroatoms. The number of nitrogens with one attached hydrogen (secondary N) is 1. The van der Waals surface area contributed by atoms with Crippen molar-refractivity contribution >= 4 is 18.0 Å². The van der Waals surface area contributed by atoms with Gasteiger partial charge in [0.05, 0.1) is 12.8 Å². The SMILES string of the molecule is CCOC(=O)C(Cc1ccccc1)NC(=O)/C=C/c1ccc(Oc2cccnc2)c(F)c1. The molecule has 0 aliphatic rings. The van der Waals surface area contributed by atoms with Gasteiger partial charge >= 0.3 is 5.97 Å². The Balaban J connectivity index is 1.64. The number of benzene rings is 2. The van der Waals surface area contributed by atoms with Gasteiger partial charge in [0.1, 0.15) is 11.8 Å². The molecule has 0 saturated carbocycles. The number of hydrogen-bond donors (Lipinski definition) is 1. The summed E-state index contributed by atoms with van der Waals surface area (Å²) in [5.74, 6) is -1.12. The van der Waals surface area contributed by atoms with E-state index < -0.39 is 23.7 Å². The summed E-state index contributed by atoms with van der Waals surface area (Å²) in [6.07, 6.45) is 6.07. The fourth-order valence-corrected chi connectivity index (χ4v) is 2.92. The summed E-state index contributed by atoms with van der Waals surface area (Å²) in [4.78, 5) is 28.6. The summed E-state index contributed by atoms with van der Waals surface area (Å²) in [6.45, 7) is 1.91. The van der Waals surface area contributed by atoms with Crippen LogP contribution in [0.4, 0.5) is 4.39 Å². The third kappa shape index (κ3) is 6.77. The average molecular weight is 434 g/mol. The predicted molar refractivity (Wildman–Crippen MR) is 118 cm³/mol.